The Morgan fingerprint density at radius 1 is 0.451 bits per heavy atom. The van der Waals surface area contributed by atoms with Crippen LogP contribution < -0.4 is 41.5 Å². The molecule has 1 aliphatic carbocycles. The lowest BCUT2D eigenvalue weighted by Crippen LogP contribution is -2.79. The van der Waals surface area contributed by atoms with Crippen molar-refractivity contribution in [1.29, 1.82) is 0 Å². The lowest BCUT2D eigenvalue weighted by molar-refractivity contribution is 0.195. The Bertz CT molecular complexity index is 3300. The van der Waals surface area contributed by atoms with Gasteiger partial charge in [-0.3, -0.25) is 0 Å². The van der Waals surface area contributed by atoms with Gasteiger partial charge in [-0.15, -0.1) is 0 Å². The van der Waals surface area contributed by atoms with Crippen molar-refractivity contribution < 1.29 is 0 Å². The molecule has 3 nitrogen and oxygen atoms in total. The van der Waals surface area contributed by atoms with Crippen LogP contribution >= 0.6 is 0 Å². The normalized spacial score (nSPS) is 20.1. The van der Waals surface area contributed by atoms with E-state index in [0.29, 0.717) is 0 Å². The second-order valence-electron chi connectivity index (χ2n) is 24.5. The molecular formula is C66H66BN3Si. The summed E-state index contributed by atoms with van der Waals surface area (Å²) >= 11 is 0. The molecule has 5 aliphatic rings. The van der Waals surface area contributed by atoms with Gasteiger partial charge in [0.1, 0.15) is 8.07 Å². The number of hydrogen-bond acceptors (Lipinski definition) is 3. The molecule has 0 spiro atoms. The van der Waals surface area contributed by atoms with Gasteiger partial charge in [-0.2, -0.15) is 0 Å². The van der Waals surface area contributed by atoms with Gasteiger partial charge in [-0.25, -0.2) is 0 Å². The summed E-state index contributed by atoms with van der Waals surface area (Å²) in [6.07, 6.45) is 4.80. The van der Waals surface area contributed by atoms with Gasteiger partial charge in [-0.05, 0) is 117 Å². The van der Waals surface area contributed by atoms with Crippen LogP contribution in [0.5, 0.6) is 0 Å². The molecule has 0 aromatic heterocycles. The first-order valence-electron chi connectivity index (χ1n) is 26.4. The number of rotatable bonds is 5. The van der Waals surface area contributed by atoms with Gasteiger partial charge < -0.3 is 14.7 Å². The molecule has 71 heavy (non-hydrogen) atoms. The zero-order chi connectivity index (χ0) is 49.0. The molecule has 8 aromatic carbocycles. The van der Waals surface area contributed by atoms with Crippen LogP contribution in [-0.4, -0.2) is 20.3 Å². The number of nitrogens with zero attached hydrogens (tertiary/aromatic N) is 3. The van der Waals surface area contributed by atoms with Gasteiger partial charge in [0.15, 0.2) is 0 Å². The molecule has 352 valence electrons. The molecule has 4 aliphatic heterocycles. The topological polar surface area (TPSA) is 9.72 Å². The van der Waals surface area contributed by atoms with E-state index in [-0.39, 0.29) is 28.5 Å². The molecule has 1 saturated carbocycles. The standard InChI is InChI=1S/C66H66BN3Si/c1-63(2,3)45-35-31-43(32-36-45)48-21-11-14-24-51(48)68-54-27-19-29-58-61(54)67-60-56(68)41-47(70-53-26-16-13-23-50(53)65(7)39-17-18-40-66(65,70)8)42-57(60)69(55-28-20-30-59(62(55)67)71(58,9)10)52-25-15-12-22-49(52)44-33-37-46(38-34-44)64(4,5)6/h11-16,19-38,41-42H,17-18,39-40H2,1-10H3. The van der Waals surface area contributed by atoms with Gasteiger partial charge in [0, 0.05) is 50.7 Å². The number of benzene rings is 8. The molecular weight excluding hydrogens is 874 g/mol. The largest absolute Gasteiger partial charge is 0.334 e. The van der Waals surface area contributed by atoms with E-state index in [4.69, 9.17) is 0 Å². The van der Waals surface area contributed by atoms with E-state index in [9.17, 15) is 0 Å². The molecule has 2 unspecified atom stereocenters. The highest BCUT2D eigenvalue weighted by Gasteiger charge is 2.58. The summed E-state index contributed by atoms with van der Waals surface area (Å²) in [6.45, 7) is 24.3. The van der Waals surface area contributed by atoms with Gasteiger partial charge in [0.25, 0.3) is 6.71 Å². The lowest BCUT2D eigenvalue weighted by Gasteiger charge is -2.52. The highest BCUT2D eigenvalue weighted by Crippen LogP contribution is 2.62. The minimum atomic E-state index is -2.25. The van der Waals surface area contributed by atoms with Crippen LogP contribution in [0.4, 0.5) is 45.5 Å². The molecule has 0 bridgehead atoms. The van der Waals surface area contributed by atoms with E-state index < -0.39 is 8.07 Å². The first-order chi connectivity index (χ1) is 34.0. The van der Waals surface area contributed by atoms with Crippen LogP contribution in [0.3, 0.4) is 0 Å². The van der Waals surface area contributed by atoms with E-state index in [1.807, 2.05) is 0 Å². The SMILES string of the molecule is CC(C)(C)c1ccc(-c2ccccc2N2c3cc(N4c5ccccc5C5(C)CCCCC45C)cc4c3B3c5c2cccc5[Si](C)(C)c2cccc(c23)N4c2ccccc2-c2ccc(C(C)(C)C)cc2)cc1. The maximum Gasteiger partial charge on any atom is 0.251 e. The summed E-state index contributed by atoms with van der Waals surface area (Å²) < 4.78 is 0. The van der Waals surface area contributed by atoms with Crippen LogP contribution in [-0.2, 0) is 16.2 Å². The van der Waals surface area contributed by atoms with Gasteiger partial charge in [-0.1, -0.05) is 212 Å². The van der Waals surface area contributed by atoms with Crippen LogP contribution in [0.25, 0.3) is 22.3 Å². The molecule has 0 N–H and O–H groups in total. The number of para-hydroxylation sites is 3. The summed E-state index contributed by atoms with van der Waals surface area (Å²) in [5.41, 5.74) is 23.8. The Morgan fingerprint density at radius 2 is 0.887 bits per heavy atom. The highest BCUT2D eigenvalue weighted by atomic mass is 28.3. The van der Waals surface area contributed by atoms with Gasteiger partial charge in [0.2, 0.25) is 0 Å². The molecule has 0 radical (unpaired) electrons. The fourth-order valence-electron chi connectivity index (χ4n) is 14.2. The van der Waals surface area contributed by atoms with E-state index >= 15 is 0 Å². The van der Waals surface area contributed by atoms with E-state index in [1.54, 1.807) is 10.4 Å². The van der Waals surface area contributed by atoms with Crippen molar-refractivity contribution in [2.45, 2.75) is 116 Å². The predicted molar refractivity (Wildman–Crippen MR) is 308 cm³/mol. The number of anilines is 8. The zero-order valence-corrected chi connectivity index (χ0v) is 44.4. The second kappa shape index (κ2) is 15.2. The average Bonchev–Trinajstić information content (AvgIpc) is 3.58. The third kappa shape index (κ3) is 6.21. The summed E-state index contributed by atoms with van der Waals surface area (Å²) in [4.78, 5) is 8.21. The molecule has 1 fully saturated rings. The Morgan fingerprint density at radius 3 is 1.38 bits per heavy atom. The molecule has 5 heteroatoms. The van der Waals surface area contributed by atoms with Crippen molar-refractivity contribution in [2.75, 3.05) is 14.7 Å². The van der Waals surface area contributed by atoms with E-state index in [0.717, 1.165) is 6.42 Å². The molecule has 0 saturated heterocycles. The van der Waals surface area contributed by atoms with Crippen molar-refractivity contribution in [3.8, 4) is 22.3 Å². The summed E-state index contributed by atoms with van der Waals surface area (Å²) in [6, 6.07) is 66.5. The quantitative estimate of drug-likeness (QED) is 0.159. The fraction of sp³-hybridized carbons (Fsp3) is 0.273. The van der Waals surface area contributed by atoms with Gasteiger partial charge in [0.05, 0.1) is 16.9 Å². The molecule has 13 rings (SSSR count). The molecule has 0 amide bonds. The van der Waals surface area contributed by atoms with Crippen molar-refractivity contribution in [2.24, 2.45) is 0 Å². The van der Waals surface area contributed by atoms with E-state index in [2.05, 4.69) is 253 Å². The van der Waals surface area contributed by atoms with Crippen molar-refractivity contribution in [3.05, 3.63) is 187 Å². The van der Waals surface area contributed by atoms with Crippen molar-refractivity contribution >= 4 is 87.0 Å². The minimum Gasteiger partial charge on any atom is -0.334 e. The molecule has 4 heterocycles. The van der Waals surface area contributed by atoms with Crippen molar-refractivity contribution in [3.63, 3.8) is 0 Å². The van der Waals surface area contributed by atoms with Crippen molar-refractivity contribution in [1.82, 2.24) is 0 Å². The fourth-order valence-corrected chi connectivity index (χ4v) is 17.4. The third-order valence-corrected chi connectivity index (χ3v) is 21.7. The summed E-state index contributed by atoms with van der Waals surface area (Å²) in [5, 5.41) is 3.10. The highest BCUT2D eigenvalue weighted by molar-refractivity contribution is 7.16. The monoisotopic (exact) mass is 940 g/mol. The Hall–Kier alpha value is -6.56. The summed E-state index contributed by atoms with van der Waals surface area (Å²) in [7, 11) is -2.25. The van der Waals surface area contributed by atoms with Crippen LogP contribution in [0.15, 0.2) is 170 Å². The predicted octanol–water partition coefficient (Wildman–Crippen LogP) is 14.6. The first kappa shape index (κ1) is 44.4. The zero-order valence-electron chi connectivity index (χ0n) is 43.4. The second-order valence-corrected chi connectivity index (χ2v) is 28.8. The number of hydrogen-bond donors (Lipinski definition) is 0. The number of fused-ring (bicyclic) bond motifs is 3. The maximum atomic E-state index is 2.80. The Labute approximate surface area is 424 Å². The lowest BCUT2D eigenvalue weighted by atomic mass is 9.33. The smallest absolute Gasteiger partial charge is 0.251 e. The van der Waals surface area contributed by atoms with Crippen LogP contribution in [0, 0.1) is 0 Å². The first-order valence-corrected chi connectivity index (χ1v) is 29.4. The Balaban J connectivity index is 1.15. The molecule has 2 atom stereocenters. The minimum absolute atomic E-state index is 0.00850. The maximum absolute atomic E-state index is 2.80. The van der Waals surface area contributed by atoms with Crippen LogP contribution in [0.2, 0.25) is 13.1 Å². The summed E-state index contributed by atoms with van der Waals surface area (Å²) in [5.74, 6) is 0. The van der Waals surface area contributed by atoms with Gasteiger partial charge >= 0.3 is 0 Å². The average molecular weight is 940 g/mol. The van der Waals surface area contributed by atoms with Crippen LogP contribution in [0.1, 0.15) is 97.8 Å². The Kier molecular flexibility index (Phi) is 9.52. The third-order valence-electron chi connectivity index (χ3n) is 18.1. The van der Waals surface area contributed by atoms with E-state index in [1.165, 1.54) is 120 Å². The molecule has 8 aromatic rings.